The molecular formula is C18H29N3O2. The molecule has 0 bridgehead atoms. The Morgan fingerprint density at radius 3 is 2.61 bits per heavy atom. The molecule has 1 aromatic heterocycles. The van der Waals surface area contributed by atoms with Gasteiger partial charge in [0, 0.05) is 31.3 Å². The van der Waals surface area contributed by atoms with E-state index in [4.69, 9.17) is 4.74 Å². The molecule has 2 fully saturated rings. The SMILES string of the molecule is Cn1cc(C2(C)CN(C(=O)C3CCCCCCC3)CCO2)cn1. The van der Waals surface area contributed by atoms with E-state index in [0.29, 0.717) is 25.6 Å². The first-order valence-electron chi connectivity index (χ1n) is 9.00. The van der Waals surface area contributed by atoms with Gasteiger partial charge >= 0.3 is 0 Å². The minimum absolute atomic E-state index is 0.214. The van der Waals surface area contributed by atoms with E-state index in [1.807, 2.05) is 24.3 Å². The summed E-state index contributed by atoms with van der Waals surface area (Å²) in [4.78, 5) is 15.0. The maximum absolute atomic E-state index is 13.0. The number of hydrogen-bond donors (Lipinski definition) is 0. The van der Waals surface area contributed by atoms with E-state index in [1.54, 1.807) is 4.68 Å². The fraction of sp³-hybridized carbons (Fsp3) is 0.778. The summed E-state index contributed by atoms with van der Waals surface area (Å²) in [6.07, 6.45) is 12.2. The van der Waals surface area contributed by atoms with Gasteiger partial charge in [0.2, 0.25) is 5.91 Å². The van der Waals surface area contributed by atoms with Crippen LogP contribution in [0, 0.1) is 5.92 Å². The molecule has 1 aromatic rings. The zero-order valence-electron chi connectivity index (χ0n) is 14.5. The van der Waals surface area contributed by atoms with E-state index < -0.39 is 5.60 Å². The number of rotatable bonds is 2. The van der Waals surface area contributed by atoms with Crippen molar-refractivity contribution < 1.29 is 9.53 Å². The summed E-state index contributed by atoms with van der Waals surface area (Å²) in [6, 6.07) is 0. The number of aromatic nitrogens is 2. The third-order valence-corrected chi connectivity index (χ3v) is 5.36. The van der Waals surface area contributed by atoms with Gasteiger partial charge in [-0.05, 0) is 19.8 Å². The standard InChI is InChI=1S/C18H29N3O2/c1-18(16-12-19-20(2)13-16)14-21(10-11-23-18)17(22)15-8-6-4-3-5-7-9-15/h12-13,15H,3-11,14H2,1-2H3. The van der Waals surface area contributed by atoms with E-state index >= 15 is 0 Å². The second-order valence-electron chi connectivity index (χ2n) is 7.28. The summed E-state index contributed by atoms with van der Waals surface area (Å²) in [7, 11) is 1.91. The van der Waals surface area contributed by atoms with Crippen LogP contribution in [0.1, 0.15) is 57.4 Å². The molecule has 0 N–H and O–H groups in total. The molecule has 2 heterocycles. The van der Waals surface area contributed by atoms with Crippen LogP contribution in [0.3, 0.4) is 0 Å². The maximum Gasteiger partial charge on any atom is 0.225 e. The van der Waals surface area contributed by atoms with Gasteiger partial charge in [0.1, 0.15) is 5.60 Å². The monoisotopic (exact) mass is 319 g/mol. The van der Waals surface area contributed by atoms with Crippen LogP contribution in [0.4, 0.5) is 0 Å². The Balaban J connectivity index is 1.68. The van der Waals surface area contributed by atoms with Crippen molar-refractivity contribution >= 4 is 5.91 Å². The van der Waals surface area contributed by atoms with Crippen molar-refractivity contribution in [2.24, 2.45) is 13.0 Å². The Kier molecular flexibility index (Phi) is 5.05. The predicted molar refractivity (Wildman–Crippen MR) is 88.9 cm³/mol. The predicted octanol–water partition coefficient (Wildman–Crippen LogP) is 2.85. The highest BCUT2D eigenvalue weighted by molar-refractivity contribution is 5.79. The molecule has 0 aromatic carbocycles. The minimum Gasteiger partial charge on any atom is -0.367 e. The molecule has 1 saturated carbocycles. The molecule has 5 heteroatoms. The fourth-order valence-electron chi connectivity index (χ4n) is 3.89. The largest absolute Gasteiger partial charge is 0.367 e. The van der Waals surface area contributed by atoms with Gasteiger partial charge in [-0.15, -0.1) is 0 Å². The molecule has 1 aliphatic heterocycles. The summed E-state index contributed by atoms with van der Waals surface area (Å²) >= 11 is 0. The second kappa shape index (κ2) is 7.04. The Hall–Kier alpha value is -1.36. The molecule has 1 aliphatic carbocycles. The maximum atomic E-state index is 13.0. The Morgan fingerprint density at radius 2 is 1.96 bits per heavy atom. The molecule has 1 saturated heterocycles. The van der Waals surface area contributed by atoms with Gasteiger partial charge in [-0.1, -0.05) is 32.1 Å². The number of morpholine rings is 1. The molecule has 1 atom stereocenters. The van der Waals surface area contributed by atoms with Crippen LogP contribution in [-0.2, 0) is 22.2 Å². The minimum atomic E-state index is -0.441. The highest BCUT2D eigenvalue weighted by atomic mass is 16.5. The molecule has 2 aliphatic rings. The lowest BCUT2D eigenvalue weighted by Crippen LogP contribution is -2.52. The fourth-order valence-corrected chi connectivity index (χ4v) is 3.89. The average molecular weight is 319 g/mol. The van der Waals surface area contributed by atoms with Gasteiger partial charge in [-0.25, -0.2) is 0 Å². The lowest BCUT2D eigenvalue weighted by atomic mass is 9.89. The Labute approximate surface area is 139 Å². The molecule has 1 amide bonds. The van der Waals surface area contributed by atoms with Gasteiger partial charge < -0.3 is 9.64 Å². The van der Waals surface area contributed by atoms with Crippen molar-refractivity contribution in [2.75, 3.05) is 19.7 Å². The number of carbonyl (C=O) groups is 1. The van der Waals surface area contributed by atoms with Crippen molar-refractivity contribution in [1.82, 2.24) is 14.7 Å². The molecule has 0 radical (unpaired) electrons. The van der Waals surface area contributed by atoms with Crippen LogP contribution in [-0.4, -0.2) is 40.3 Å². The summed E-state index contributed by atoms with van der Waals surface area (Å²) in [5.74, 6) is 0.553. The van der Waals surface area contributed by atoms with Crippen LogP contribution in [0.5, 0.6) is 0 Å². The summed E-state index contributed by atoms with van der Waals surface area (Å²) < 4.78 is 7.82. The molecular weight excluding hydrogens is 290 g/mol. The van der Waals surface area contributed by atoms with E-state index in [1.165, 1.54) is 32.1 Å². The van der Waals surface area contributed by atoms with E-state index in [0.717, 1.165) is 18.4 Å². The van der Waals surface area contributed by atoms with Gasteiger partial charge in [0.05, 0.1) is 19.3 Å². The van der Waals surface area contributed by atoms with Crippen molar-refractivity contribution in [1.29, 1.82) is 0 Å². The van der Waals surface area contributed by atoms with Crippen LogP contribution in [0.2, 0.25) is 0 Å². The van der Waals surface area contributed by atoms with Crippen LogP contribution >= 0.6 is 0 Å². The smallest absolute Gasteiger partial charge is 0.225 e. The van der Waals surface area contributed by atoms with E-state index in [-0.39, 0.29) is 5.92 Å². The lowest BCUT2D eigenvalue weighted by molar-refractivity contribution is -0.154. The quantitative estimate of drug-likeness (QED) is 0.842. The Morgan fingerprint density at radius 1 is 1.26 bits per heavy atom. The van der Waals surface area contributed by atoms with Gasteiger partial charge in [-0.3, -0.25) is 9.48 Å². The normalized spacial score (nSPS) is 27.5. The van der Waals surface area contributed by atoms with Crippen molar-refractivity contribution in [3.05, 3.63) is 18.0 Å². The van der Waals surface area contributed by atoms with Crippen LogP contribution < -0.4 is 0 Å². The second-order valence-corrected chi connectivity index (χ2v) is 7.28. The average Bonchev–Trinajstić information content (AvgIpc) is 2.94. The third kappa shape index (κ3) is 3.77. The molecule has 1 unspecified atom stereocenters. The van der Waals surface area contributed by atoms with Crippen LogP contribution in [0.25, 0.3) is 0 Å². The topological polar surface area (TPSA) is 47.4 Å². The zero-order valence-corrected chi connectivity index (χ0v) is 14.5. The van der Waals surface area contributed by atoms with E-state index in [2.05, 4.69) is 12.0 Å². The van der Waals surface area contributed by atoms with Crippen molar-refractivity contribution in [2.45, 2.75) is 57.5 Å². The number of nitrogens with zero attached hydrogens (tertiary/aromatic N) is 3. The zero-order chi connectivity index (χ0) is 16.3. The number of hydrogen-bond acceptors (Lipinski definition) is 3. The van der Waals surface area contributed by atoms with Crippen molar-refractivity contribution in [3.8, 4) is 0 Å². The molecule has 0 spiro atoms. The number of ether oxygens (including phenoxy) is 1. The molecule has 3 rings (SSSR count). The number of aryl methyl sites for hydroxylation is 1. The van der Waals surface area contributed by atoms with Gasteiger partial charge in [0.15, 0.2) is 0 Å². The molecule has 5 nitrogen and oxygen atoms in total. The first-order valence-corrected chi connectivity index (χ1v) is 9.00. The first kappa shape index (κ1) is 16.5. The van der Waals surface area contributed by atoms with E-state index in [9.17, 15) is 4.79 Å². The molecule has 128 valence electrons. The number of carbonyl (C=O) groups excluding carboxylic acids is 1. The first-order chi connectivity index (χ1) is 11.1. The van der Waals surface area contributed by atoms with Gasteiger partial charge in [-0.2, -0.15) is 5.10 Å². The number of amides is 1. The highest BCUT2D eigenvalue weighted by Gasteiger charge is 2.38. The lowest BCUT2D eigenvalue weighted by Gasteiger charge is -2.41. The third-order valence-electron chi connectivity index (χ3n) is 5.36. The van der Waals surface area contributed by atoms with Crippen molar-refractivity contribution in [3.63, 3.8) is 0 Å². The molecule has 23 heavy (non-hydrogen) atoms. The summed E-state index contributed by atoms with van der Waals surface area (Å²) in [6.45, 7) is 4.02. The van der Waals surface area contributed by atoms with Crippen LogP contribution in [0.15, 0.2) is 12.4 Å². The summed E-state index contributed by atoms with van der Waals surface area (Å²) in [5, 5.41) is 4.25. The Bertz CT molecular complexity index is 534. The summed E-state index contributed by atoms with van der Waals surface area (Å²) in [5.41, 5.74) is 0.610. The van der Waals surface area contributed by atoms with Gasteiger partial charge in [0.25, 0.3) is 0 Å². The highest BCUT2D eigenvalue weighted by Crippen LogP contribution is 2.31.